The molecule has 0 aliphatic carbocycles. The Bertz CT molecular complexity index is 1220. The first kappa shape index (κ1) is 17.9. The van der Waals surface area contributed by atoms with Crippen molar-refractivity contribution in [3.63, 3.8) is 0 Å². The smallest absolute Gasteiger partial charge is 0.281 e. The van der Waals surface area contributed by atoms with Crippen LogP contribution >= 0.6 is 11.3 Å². The molecule has 3 heterocycles. The zero-order valence-electron chi connectivity index (χ0n) is 14.9. The summed E-state index contributed by atoms with van der Waals surface area (Å²) in [4.78, 5) is 30.1. The highest BCUT2D eigenvalue weighted by Crippen LogP contribution is 2.21. The van der Waals surface area contributed by atoms with Gasteiger partial charge in [0.25, 0.3) is 5.56 Å². The lowest BCUT2D eigenvalue weighted by atomic mass is 10.3. The van der Waals surface area contributed by atoms with Crippen molar-refractivity contribution in [2.45, 2.75) is 20.4 Å². The number of fused-ring (bicyclic) bond motifs is 1. The second-order valence-electron chi connectivity index (χ2n) is 6.03. The number of aromatic nitrogens is 6. The largest absolute Gasteiger partial charge is 0.300 e. The number of thiazole rings is 1. The predicted octanol–water partition coefficient (Wildman–Crippen LogP) is 1.83. The van der Waals surface area contributed by atoms with Gasteiger partial charge in [-0.25, -0.2) is 18.7 Å². The number of nitrogens with one attached hydrogen (secondary N) is 1. The lowest BCUT2D eigenvalue weighted by molar-refractivity contribution is -0.117. The molecule has 0 bridgehead atoms. The summed E-state index contributed by atoms with van der Waals surface area (Å²) in [7, 11) is 0. The molecule has 142 valence electrons. The number of hydrogen-bond acceptors (Lipinski definition) is 7. The maximum absolute atomic E-state index is 13.1. The summed E-state index contributed by atoms with van der Waals surface area (Å²) in [5.41, 5.74) is 1.10. The first-order valence-corrected chi connectivity index (χ1v) is 9.05. The van der Waals surface area contributed by atoms with Gasteiger partial charge in [0.15, 0.2) is 10.8 Å². The Kier molecular flexibility index (Phi) is 4.43. The molecule has 11 heteroatoms. The van der Waals surface area contributed by atoms with Crippen LogP contribution in [-0.4, -0.2) is 35.7 Å². The molecule has 0 atom stereocenters. The third kappa shape index (κ3) is 3.27. The van der Waals surface area contributed by atoms with Crippen molar-refractivity contribution in [3.8, 4) is 5.69 Å². The highest BCUT2D eigenvalue weighted by molar-refractivity contribution is 7.15. The monoisotopic (exact) mass is 399 g/mol. The fourth-order valence-corrected chi connectivity index (χ4v) is 3.39. The van der Waals surface area contributed by atoms with Crippen LogP contribution < -0.4 is 10.9 Å². The number of nitrogens with zero attached hydrogens (tertiary/aromatic N) is 6. The number of carbonyl (C=O) groups is 1. The molecule has 4 rings (SSSR count). The SMILES string of the molecule is Cc1nc(NC(=O)Cn2nnc3c(cnn3-c3ccc(F)cc3)c2=O)sc1C. The van der Waals surface area contributed by atoms with Gasteiger partial charge in [-0.15, -0.1) is 16.4 Å². The Labute approximate surface area is 161 Å². The summed E-state index contributed by atoms with van der Waals surface area (Å²) in [5.74, 6) is -0.819. The summed E-state index contributed by atoms with van der Waals surface area (Å²) in [6.07, 6.45) is 1.34. The molecule has 28 heavy (non-hydrogen) atoms. The van der Waals surface area contributed by atoms with E-state index in [-0.39, 0.29) is 23.4 Å². The van der Waals surface area contributed by atoms with Crippen molar-refractivity contribution < 1.29 is 9.18 Å². The average molecular weight is 399 g/mol. The molecule has 4 aromatic rings. The molecule has 0 saturated heterocycles. The molecule has 1 aromatic carbocycles. The van der Waals surface area contributed by atoms with Gasteiger partial charge >= 0.3 is 0 Å². The van der Waals surface area contributed by atoms with E-state index in [0.29, 0.717) is 10.8 Å². The number of carbonyl (C=O) groups excluding carboxylic acids is 1. The molecule has 1 N–H and O–H groups in total. The molecular weight excluding hydrogens is 385 g/mol. The first-order chi connectivity index (χ1) is 13.4. The number of benzene rings is 1. The summed E-state index contributed by atoms with van der Waals surface area (Å²) >= 11 is 1.36. The number of rotatable bonds is 4. The molecule has 0 saturated carbocycles. The van der Waals surface area contributed by atoms with Crippen LogP contribution in [0.2, 0.25) is 0 Å². The van der Waals surface area contributed by atoms with Gasteiger partial charge in [-0.1, -0.05) is 5.21 Å². The van der Waals surface area contributed by atoms with E-state index in [1.165, 1.54) is 46.5 Å². The molecule has 0 aliphatic rings. The van der Waals surface area contributed by atoms with Crippen LogP contribution in [0.15, 0.2) is 35.3 Å². The van der Waals surface area contributed by atoms with Crippen LogP contribution in [0, 0.1) is 19.7 Å². The topological polar surface area (TPSA) is 108 Å². The second-order valence-corrected chi connectivity index (χ2v) is 7.23. The zero-order chi connectivity index (χ0) is 19.8. The average Bonchev–Trinajstić information content (AvgIpc) is 3.22. The van der Waals surface area contributed by atoms with Crippen LogP contribution in [0.5, 0.6) is 0 Å². The second kappa shape index (κ2) is 6.93. The molecule has 9 nitrogen and oxygen atoms in total. The maximum Gasteiger partial charge on any atom is 0.281 e. The molecule has 3 aromatic heterocycles. The Morgan fingerprint density at radius 2 is 2.00 bits per heavy atom. The number of aryl methyl sites for hydroxylation is 2. The van der Waals surface area contributed by atoms with Crippen LogP contribution in [0.25, 0.3) is 16.7 Å². The lowest BCUT2D eigenvalue weighted by Crippen LogP contribution is -2.30. The number of hydrogen-bond donors (Lipinski definition) is 1. The molecule has 0 spiro atoms. The van der Waals surface area contributed by atoms with E-state index in [1.807, 2.05) is 13.8 Å². The van der Waals surface area contributed by atoms with Gasteiger partial charge in [0.1, 0.15) is 17.7 Å². The van der Waals surface area contributed by atoms with Gasteiger partial charge in [-0.05, 0) is 38.1 Å². The van der Waals surface area contributed by atoms with Gasteiger partial charge in [-0.2, -0.15) is 5.10 Å². The minimum absolute atomic E-state index is 0.202. The van der Waals surface area contributed by atoms with E-state index in [0.717, 1.165) is 15.3 Å². The van der Waals surface area contributed by atoms with Crippen molar-refractivity contribution >= 4 is 33.4 Å². The summed E-state index contributed by atoms with van der Waals surface area (Å²) in [6, 6.07) is 5.59. The van der Waals surface area contributed by atoms with E-state index in [4.69, 9.17) is 0 Å². The summed E-state index contributed by atoms with van der Waals surface area (Å²) < 4.78 is 15.5. The normalized spacial score (nSPS) is 11.1. The van der Waals surface area contributed by atoms with Gasteiger partial charge < -0.3 is 5.32 Å². The van der Waals surface area contributed by atoms with Crippen LogP contribution in [0.3, 0.4) is 0 Å². The van der Waals surface area contributed by atoms with E-state index < -0.39 is 11.5 Å². The van der Waals surface area contributed by atoms with Gasteiger partial charge in [0, 0.05) is 4.88 Å². The van der Waals surface area contributed by atoms with Crippen LogP contribution in [0.4, 0.5) is 9.52 Å². The summed E-state index contributed by atoms with van der Waals surface area (Å²) in [5, 5.41) is 15.3. The minimum Gasteiger partial charge on any atom is -0.300 e. The Morgan fingerprint density at radius 3 is 2.68 bits per heavy atom. The van der Waals surface area contributed by atoms with E-state index in [9.17, 15) is 14.0 Å². The number of anilines is 1. The Hall–Kier alpha value is -3.47. The molecule has 0 aliphatic heterocycles. The minimum atomic E-state index is -0.500. The quantitative estimate of drug-likeness (QED) is 0.561. The van der Waals surface area contributed by atoms with Crippen LogP contribution in [-0.2, 0) is 11.3 Å². The fourth-order valence-electron chi connectivity index (χ4n) is 2.56. The van der Waals surface area contributed by atoms with Crippen molar-refractivity contribution in [1.82, 2.24) is 29.8 Å². The van der Waals surface area contributed by atoms with Crippen molar-refractivity contribution in [1.29, 1.82) is 0 Å². The highest BCUT2D eigenvalue weighted by atomic mass is 32.1. The van der Waals surface area contributed by atoms with Gasteiger partial charge in [0.2, 0.25) is 5.91 Å². The van der Waals surface area contributed by atoms with Gasteiger partial charge in [0.05, 0.1) is 17.6 Å². The van der Waals surface area contributed by atoms with Crippen molar-refractivity contribution in [2.75, 3.05) is 5.32 Å². The third-order valence-electron chi connectivity index (χ3n) is 4.10. The summed E-state index contributed by atoms with van der Waals surface area (Å²) in [6.45, 7) is 3.46. The molecule has 0 radical (unpaired) electrons. The maximum atomic E-state index is 13.1. The molecule has 0 fully saturated rings. The first-order valence-electron chi connectivity index (χ1n) is 8.24. The Balaban J connectivity index is 1.60. The fraction of sp³-hybridized carbons (Fsp3) is 0.176. The third-order valence-corrected chi connectivity index (χ3v) is 5.08. The number of halogens is 1. The van der Waals surface area contributed by atoms with Crippen molar-refractivity contribution in [3.05, 3.63) is 57.2 Å². The van der Waals surface area contributed by atoms with E-state index >= 15 is 0 Å². The molecular formula is C17H14FN7O2S. The van der Waals surface area contributed by atoms with E-state index in [2.05, 4.69) is 25.7 Å². The lowest BCUT2D eigenvalue weighted by Gasteiger charge is -2.05. The Morgan fingerprint density at radius 1 is 1.25 bits per heavy atom. The highest BCUT2D eigenvalue weighted by Gasteiger charge is 2.15. The van der Waals surface area contributed by atoms with Gasteiger partial charge in [-0.3, -0.25) is 9.59 Å². The predicted molar refractivity (Wildman–Crippen MR) is 101 cm³/mol. The standard InChI is InChI=1S/C17H14FN7O2S/c1-9-10(2)28-17(20-9)21-14(26)8-24-16(27)13-7-19-25(15(13)22-23-24)12-5-3-11(18)4-6-12/h3-7H,8H2,1-2H3,(H,20,21,26). The molecule has 1 amide bonds. The number of amides is 1. The van der Waals surface area contributed by atoms with Crippen molar-refractivity contribution in [2.24, 2.45) is 0 Å². The zero-order valence-corrected chi connectivity index (χ0v) is 15.7. The van der Waals surface area contributed by atoms with Crippen LogP contribution in [0.1, 0.15) is 10.6 Å². The molecule has 0 unspecified atom stereocenters. The van der Waals surface area contributed by atoms with E-state index in [1.54, 1.807) is 0 Å².